The van der Waals surface area contributed by atoms with Gasteiger partial charge in [-0.1, -0.05) is 24.3 Å². The molecule has 134 valence electrons. The molecule has 0 bridgehead atoms. The molecular formula is C19H25N3O2S. The van der Waals surface area contributed by atoms with Crippen LogP contribution in [0.25, 0.3) is 0 Å². The molecule has 1 aromatic heterocycles. The van der Waals surface area contributed by atoms with E-state index in [4.69, 9.17) is 0 Å². The third kappa shape index (κ3) is 5.99. The molecule has 0 saturated carbocycles. The zero-order chi connectivity index (χ0) is 18.2. The number of likely N-dealkylation sites (N-methyl/N-ethyl adjacent to an activating group) is 1. The van der Waals surface area contributed by atoms with Crippen molar-refractivity contribution in [1.82, 2.24) is 15.5 Å². The molecule has 1 heterocycles. The van der Waals surface area contributed by atoms with E-state index in [1.54, 1.807) is 23.5 Å². The van der Waals surface area contributed by atoms with Crippen molar-refractivity contribution in [1.29, 1.82) is 0 Å². The number of carbonyl (C=O) groups is 2. The fourth-order valence-corrected chi connectivity index (χ4v) is 3.45. The number of thiophene rings is 1. The van der Waals surface area contributed by atoms with Crippen LogP contribution in [0.4, 0.5) is 0 Å². The third-order valence-electron chi connectivity index (χ3n) is 3.89. The second kappa shape index (κ2) is 9.34. The Morgan fingerprint density at radius 1 is 1.12 bits per heavy atom. The van der Waals surface area contributed by atoms with Crippen LogP contribution >= 0.6 is 11.3 Å². The highest BCUT2D eigenvalue weighted by Gasteiger charge is 2.18. The fraction of sp³-hybridized carbons (Fsp3) is 0.368. The van der Waals surface area contributed by atoms with Gasteiger partial charge in [0.1, 0.15) is 0 Å². The van der Waals surface area contributed by atoms with E-state index in [0.29, 0.717) is 12.1 Å². The van der Waals surface area contributed by atoms with Crippen LogP contribution < -0.4 is 10.6 Å². The molecule has 0 aliphatic heterocycles. The molecular weight excluding hydrogens is 334 g/mol. The maximum absolute atomic E-state index is 12.2. The molecule has 2 rings (SSSR count). The lowest BCUT2D eigenvalue weighted by atomic mass is 10.1. The molecule has 0 saturated heterocycles. The zero-order valence-electron chi connectivity index (χ0n) is 14.9. The fourth-order valence-electron chi connectivity index (χ4n) is 2.53. The van der Waals surface area contributed by atoms with Crippen LogP contribution in [0.3, 0.4) is 0 Å². The molecule has 2 amide bonds. The topological polar surface area (TPSA) is 61.4 Å². The van der Waals surface area contributed by atoms with Crippen LogP contribution in [0.2, 0.25) is 0 Å². The van der Waals surface area contributed by atoms with Crippen LogP contribution in [0, 0.1) is 0 Å². The van der Waals surface area contributed by atoms with Gasteiger partial charge in [-0.3, -0.25) is 9.59 Å². The average Bonchev–Trinajstić information content (AvgIpc) is 3.09. The van der Waals surface area contributed by atoms with Crippen LogP contribution in [-0.4, -0.2) is 43.4 Å². The summed E-state index contributed by atoms with van der Waals surface area (Å²) in [5, 5.41) is 7.86. The monoisotopic (exact) mass is 359 g/mol. The number of benzene rings is 1. The van der Waals surface area contributed by atoms with Crippen LogP contribution in [0.1, 0.15) is 34.6 Å². The number of nitrogens with one attached hydrogen (secondary N) is 2. The Bertz CT molecular complexity index is 671. The molecule has 2 unspecified atom stereocenters. The first-order valence-corrected chi connectivity index (χ1v) is 9.17. The largest absolute Gasteiger partial charge is 0.354 e. The predicted octanol–water partition coefficient (Wildman–Crippen LogP) is 2.68. The molecule has 2 aromatic rings. The number of rotatable bonds is 8. The Morgan fingerprint density at radius 3 is 2.44 bits per heavy atom. The van der Waals surface area contributed by atoms with E-state index in [1.165, 1.54) is 4.88 Å². The molecule has 1 aromatic carbocycles. The molecule has 0 radical (unpaired) electrons. The van der Waals surface area contributed by atoms with Gasteiger partial charge < -0.3 is 15.5 Å². The van der Waals surface area contributed by atoms with Crippen molar-refractivity contribution < 1.29 is 9.59 Å². The molecule has 0 aliphatic carbocycles. The highest BCUT2D eigenvalue weighted by molar-refractivity contribution is 7.10. The summed E-state index contributed by atoms with van der Waals surface area (Å²) >= 11 is 1.68. The van der Waals surface area contributed by atoms with Crippen LogP contribution in [0.15, 0.2) is 47.8 Å². The van der Waals surface area contributed by atoms with Gasteiger partial charge in [-0.2, -0.15) is 0 Å². The predicted molar refractivity (Wildman–Crippen MR) is 102 cm³/mol. The Morgan fingerprint density at radius 2 is 1.84 bits per heavy atom. The van der Waals surface area contributed by atoms with Gasteiger partial charge >= 0.3 is 0 Å². The van der Waals surface area contributed by atoms with Crippen molar-refractivity contribution in [3.63, 3.8) is 0 Å². The van der Waals surface area contributed by atoms with Crippen molar-refractivity contribution in [2.45, 2.75) is 25.4 Å². The lowest BCUT2D eigenvalue weighted by Crippen LogP contribution is -2.39. The van der Waals surface area contributed by atoms with Crippen LogP contribution in [-0.2, 0) is 4.79 Å². The smallest absolute Gasteiger partial charge is 0.251 e. The lowest BCUT2D eigenvalue weighted by molar-refractivity contribution is -0.121. The minimum absolute atomic E-state index is 0.0655. The van der Waals surface area contributed by atoms with E-state index in [-0.39, 0.29) is 30.3 Å². The first-order valence-electron chi connectivity index (χ1n) is 8.30. The minimum Gasteiger partial charge on any atom is -0.354 e. The summed E-state index contributed by atoms with van der Waals surface area (Å²) in [5.74, 6) is -0.227. The first-order chi connectivity index (χ1) is 12.0. The number of amides is 2. The van der Waals surface area contributed by atoms with E-state index < -0.39 is 0 Å². The Balaban J connectivity index is 1.80. The summed E-state index contributed by atoms with van der Waals surface area (Å²) in [7, 11) is 4.00. The summed E-state index contributed by atoms with van der Waals surface area (Å²) in [4.78, 5) is 27.6. The second-order valence-electron chi connectivity index (χ2n) is 6.24. The highest BCUT2D eigenvalue weighted by atomic mass is 32.1. The van der Waals surface area contributed by atoms with Crippen molar-refractivity contribution in [3.8, 4) is 0 Å². The lowest BCUT2D eigenvalue weighted by Gasteiger charge is -2.24. The van der Waals surface area contributed by atoms with Crippen LogP contribution in [0.5, 0.6) is 0 Å². The Labute approximate surface area is 153 Å². The molecule has 0 fully saturated rings. The normalized spacial score (nSPS) is 13.3. The average molecular weight is 359 g/mol. The second-order valence-corrected chi connectivity index (χ2v) is 7.22. The van der Waals surface area contributed by atoms with Crippen molar-refractivity contribution >= 4 is 23.2 Å². The molecule has 5 nitrogen and oxygen atoms in total. The molecule has 2 N–H and O–H groups in total. The van der Waals surface area contributed by atoms with Gasteiger partial charge in [-0.15, -0.1) is 11.3 Å². The number of nitrogens with zero attached hydrogens (tertiary/aromatic N) is 1. The summed E-state index contributed by atoms with van der Waals surface area (Å²) in [6.45, 7) is 2.38. The summed E-state index contributed by atoms with van der Waals surface area (Å²) in [6.07, 6.45) is 0.253. The maximum Gasteiger partial charge on any atom is 0.251 e. The van der Waals surface area contributed by atoms with Gasteiger partial charge in [0.15, 0.2) is 0 Å². The molecule has 0 aliphatic rings. The Kier molecular flexibility index (Phi) is 7.16. The van der Waals surface area contributed by atoms with Gasteiger partial charge in [0.05, 0.1) is 6.04 Å². The maximum atomic E-state index is 12.2. The van der Waals surface area contributed by atoms with Crippen molar-refractivity contribution in [2.24, 2.45) is 0 Å². The Hall–Kier alpha value is -2.18. The van der Waals surface area contributed by atoms with E-state index in [1.807, 2.05) is 50.7 Å². The number of hydrogen-bond donors (Lipinski definition) is 2. The standard InChI is InChI=1S/C19H25N3O2S/c1-14(21-19(24)15-8-5-4-6-9-15)12-18(23)20-13-16(22(2)3)17-10-7-11-25-17/h4-11,14,16H,12-13H2,1-3H3,(H,20,23)(H,21,24). The summed E-state index contributed by atoms with van der Waals surface area (Å²) < 4.78 is 0. The first kappa shape index (κ1) is 19.1. The summed E-state index contributed by atoms with van der Waals surface area (Å²) in [5.41, 5.74) is 0.597. The zero-order valence-corrected chi connectivity index (χ0v) is 15.7. The SMILES string of the molecule is CC(CC(=O)NCC(c1cccs1)N(C)C)NC(=O)c1ccccc1. The van der Waals surface area contributed by atoms with Gasteiger partial charge in [0.25, 0.3) is 5.91 Å². The highest BCUT2D eigenvalue weighted by Crippen LogP contribution is 2.22. The minimum atomic E-state index is -0.229. The van der Waals surface area contributed by atoms with E-state index >= 15 is 0 Å². The number of hydrogen-bond acceptors (Lipinski definition) is 4. The molecule has 2 atom stereocenters. The van der Waals surface area contributed by atoms with Gasteiger partial charge in [-0.05, 0) is 44.6 Å². The molecule has 0 spiro atoms. The number of carbonyl (C=O) groups excluding carboxylic acids is 2. The van der Waals surface area contributed by atoms with Gasteiger partial charge in [0, 0.05) is 29.4 Å². The van der Waals surface area contributed by atoms with Crippen molar-refractivity contribution in [3.05, 3.63) is 58.3 Å². The third-order valence-corrected chi connectivity index (χ3v) is 4.87. The molecule has 25 heavy (non-hydrogen) atoms. The van der Waals surface area contributed by atoms with E-state index in [0.717, 1.165) is 0 Å². The van der Waals surface area contributed by atoms with E-state index in [9.17, 15) is 9.59 Å². The summed E-state index contributed by atoms with van der Waals surface area (Å²) in [6, 6.07) is 13.0. The molecule has 6 heteroatoms. The van der Waals surface area contributed by atoms with E-state index in [2.05, 4.69) is 21.6 Å². The van der Waals surface area contributed by atoms with Gasteiger partial charge in [-0.25, -0.2) is 0 Å². The van der Waals surface area contributed by atoms with Crippen molar-refractivity contribution in [2.75, 3.05) is 20.6 Å². The van der Waals surface area contributed by atoms with Gasteiger partial charge in [0.2, 0.25) is 5.91 Å². The quantitative estimate of drug-likeness (QED) is 0.762.